The van der Waals surface area contributed by atoms with E-state index in [4.69, 9.17) is 22.1 Å². The van der Waals surface area contributed by atoms with E-state index in [2.05, 4.69) is 0 Å². The van der Waals surface area contributed by atoms with Crippen LogP contribution in [0.1, 0.15) is 30.5 Å². The molecule has 1 unspecified atom stereocenters. The Morgan fingerprint density at radius 3 is 2.50 bits per heavy atom. The Balaban J connectivity index is 2.18. The lowest BCUT2D eigenvalue weighted by Gasteiger charge is -2.14. The molecule has 106 valence electrons. The highest BCUT2D eigenvalue weighted by Crippen LogP contribution is 2.25. The van der Waals surface area contributed by atoms with Gasteiger partial charge >= 0.3 is 0 Å². The summed E-state index contributed by atoms with van der Waals surface area (Å²) in [5, 5.41) is 0.363. The third kappa shape index (κ3) is 3.50. The second-order valence-electron chi connectivity index (χ2n) is 4.56. The zero-order valence-electron chi connectivity index (χ0n) is 11.3. The van der Waals surface area contributed by atoms with Crippen molar-refractivity contribution in [2.24, 2.45) is 5.73 Å². The van der Waals surface area contributed by atoms with Gasteiger partial charge in [-0.1, -0.05) is 36.7 Å². The molecule has 2 rings (SSSR count). The van der Waals surface area contributed by atoms with E-state index in [1.807, 2.05) is 31.2 Å². The van der Waals surface area contributed by atoms with Crippen molar-refractivity contribution < 1.29 is 9.13 Å². The van der Waals surface area contributed by atoms with Gasteiger partial charge in [0.15, 0.2) is 0 Å². The molecule has 0 radical (unpaired) electrons. The Labute approximate surface area is 123 Å². The van der Waals surface area contributed by atoms with Gasteiger partial charge in [-0.15, -0.1) is 0 Å². The van der Waals surface area contributed by atoms with Crippen LogP contribution >= 0.6 is 11.6 Å². The summed E-state index contributed by atoms with van der Waals surface area (Å²) in [6.45, 7) is 2.73. The van der Waals surface area contributed by atoms with Crippen molar-refractivity contribution in [1.29, 1.82) is 0 Å². The van der Waals surface area contributed by atoms with E-state index < -0.39 is 11.9 Å². The summed E-state index contributed by atoms with van der Waals surface area (Å²) in [7, 11) is 0. The molecule has 2 nitrogen and oxygen atoms in total. The predicted molar refractivity (Wildman–Crippen MR) is 79.7 cm³/mol. The molecule has 0 aliphatic rings. The highest BCUT2D eigenvalue weighted by Gasteiger charge is 2.13. The second kappa shape index (κ2) is 6.73. The molecule has 1 atom stereocenters. The second-order valence-corrected chi connectivity index (χ2v) is 5.00. The van der Waals surface area contributed by atoms with E-state index in [1.54, 1.807) is 12.1 Å². The van der Waals surface area contributed by atoms with Crippen LogP contribution in [-0.2, 0) is 0 Å². The summed E-state index contributed by atoms with van der Waals surface area (Å²) >= 11 is 5.74. The first-order valence-electron chi connectivity index (χ1n) is 6.55. The number of halogens is 2. The van der Waals surface area contributed by atoms with Gasteiger partial charge in [0.25, 0.3) is 0 Å². The van der Waals surface area contributed by atoms with Crippen molar-refractivity contribution in [2.75, 3.05) is 6.61 Å². The normalized spacial score (nSPS) is 12.2. The Kier molecular flexibility index (Phi) is 4.99. The molecule has 0 fully saturated rings. The lowest BCUT2D eigenvalue weighted by molar-refractivity contribution is 0.317. The summed E-state index contributed by atoms with van der Waals surface area (Å²) in [5.74, 6) is 0.399. The van der Waals surface area contributed by atoms with E-state index in [0.717, 1.165) is 17.7 Å². The molecule has 0 aliphatic carbocycles. The standard InChI is InChI=1S/C16H17ClFNO/c1-2-9-20-13-6-3-11(4-7-13)16(19)14-8-5-12(17)10-15(14)18/h3-8,10,16H,2,9,19H2,1H3. The zero-order valence-corrected chi connectivity index (χ0v) is 12.0. The number of ether oxygens (including phenoxy) is 1. The average Bonchev–Trinajstić information content (AvgIpc) is 2.45. The van der Waals surface area contributed by atoms with Crippen LogP contribution < -0.4 is 10.5 Å². The van der Waals surface area contributed by atoms with Crippen LogP contribution in [0.4, 0.5) is 4.39 Å². The number of nitrogens with two attached hydrogens (primary N) is 1. The molecule has 20 heavy (non-hydrogen) atoms. The lowest BCUT2D eigenvalue weighted by atomic mass is 9.99. The molecule has 0 aromatic heterocycles. The number of benzene rings is 2. The van der Waals surface area contributed by atoms with Crippen molar-refractivity contribution >= 4 is 11.6 Å². The molecule has 0 heterocycles. The van der Waals surface area contributed by atoms with E-state index in [0.29, 0.717) is 17.2 Å². The fraction of sp³-hybridized carbons (Fsp3) is 0.250. The van der Waals surface area contributed by atoms with Gasteiger partial charge in [-0.2, -0.15) is 0 Å². The Morgan fingerprint density at radius 2 is 1.90 bits per heavy atom. The minimum Gasteiger partial charge on any atom is -0.494 e. The summed E-state index contributed by atoms with van der Waals surface area (Å²) in [5.41, 5.74) is 7.35. The van der Waals surface area contributed by atoms with Crippen LogP contribution in [0.3, 0.4) is 0 Å². The van der Waals surface area contributed by atoms with Crippen LogP contribution in [-0.4, -0.2) is 6.61 Å². The summed E-state index contributed by atoms with van der Waals surface area (Å²) < 4.78 is 19.3. The number of hydrogen-bond acceptors (Lipinski definition) is 2. The first kappa shape index (κ1) is 14.8. The van der Waals surface area contributed by atoms with Gasteiger partial charge in [-0.25, -0.2) is 4.39 Å². The van der Waals surface area contributed by atoms with Crippen LogP contribution in [0, 0.1) is 5.82 Å². The van der Waals surface area contributed by atoms with Crippen molar-refractivity contribution in [3.63, 3.8) is 0 Å². The smallest absolute Gasteiger partial charge is 0.129 e. The Bertz CT molecular complexity index is 571. The molecule has 0 spiro atoms. The van der Waals surface area contributed by atoms with E-state index in [1.165, 1.54) is 6.07 Å². The topological polar surface area (TPSA) is 35.2 Å². The van der Waals surface area contributed by atoms with Gasteiger partial charge in [-0.3, -0.25) is 0 Å². The summed E-state index contributed by atoms with van der Waals surface area (Å²) in [6, 6.07) is 11.4. The minimum absolute atomic E-state index is 0.363. The van der Waals surface area contributed by atoms with Crippen LogP contribution in [0.25, 0.3) is 0 Å². The van der Waals surface area contributed by atoms with Crippen molar-refractivity contribution in [2.45, 2.75) is 19.4 Å². The molecule has 0 amide bonds. The molecule has 2 aromatic rings. The zero-order chi connectivity index (χ0) is 14.5. The lowest BCUT2D eigenvalue weighted by Crippen LogP contribution is -2.13. The number of rotatable bonds is 5. The summed E-state index contributed by atoms with van der Waals surface area (Å²) in [6.07, 6.45) is 0.956. The number of hydrogen-bond donors (Lipinski definition) is 1. The molecular formula is C16H17ClFNO. The Hall–Kier alpha value is -1.58. The van der Waals surface area contributed by atoms with Crippen LogP contribution in [0.2, 0.25) is 5.02 Å². The molecule has 2 aromatic carbocycles. The van der Waals surface area contributed by atoms with E-state index >= 15 is 0 Å². The van der Waals surface area contributed by atoms with Gasteiger partial charge in [-0.05, 0) is 36.2 Å². The quantitative estimate of drug-likeness (QED) is 0.891. The van der Waals surface area contributed by atoms with E-state index in [9.17, 15) is 4.39 Å². The van der Waals surface area contributed by atoms with Crippen LogP contribution in [0.5, 0.6) is 5.75 Å². The highest BCUT2D eigenvalue weighted by molar-refractivity contribution is 6.30. The predicted octanol–water partition coefficient (Wildman–Crippen LogP) is 4.32. The van der Waals surface area contributed by atoms with Crippen LogP contribution in [0.15, 0.2) is 42.5 Å². The fourth-order valence-corrected chi connectivity index (χ4v) is 2.08. The Morgan fingerprint density at radius 1 is 1.20 bits per heavy atom. The maximum absolute atomic E-state index is 13.8. The van der Waals surface area contributed by atoms with Gasteiger partial charge in [0.1, 0.15) is 11.6 Å². The maximum atomic E-state index is 13.8. The molecule has 0 bridgehead atoms. The van der Waals surface area contributed by atoms with Gasteiger partial charge in [0.05, 0.1) is 12.6 Å². The first-order valence-corrected chi connectivity index (χ1v) is 6.93. The maximum Gasteiger partial charge on any atom is 0.129 e. The van der Waals surface area contributed by atoms with Crippen molar-refractivity contribution in [1.82, 2.24) is 0 Å². The monoisotopic (exact) mass is 293 g/mol. The van der Waals surface area contributed by atoms with Gasteiger partial charge < -0.3 is 10.5 Å². The van der Waals surface area contributed by atoms with Gasteiger partial charge in [0, 0.05) is 10.6 Å². The molecule has 0 aliphatic heterocycles. The van der Waals surface area contributed by atoms with Crippen molar-refractivity contribution in [3.05, 3.63) is 64.4 Å². The molecular weight excluding hydrogens is 277 g/mol. The summed E-state index contributed by atoms with van der Waals surface area (Å²) in [4.78, 5) is 0. The largest absolute Gasteiger partial charge is 0.494 e. The SMILES string of the molecule is CCCOc1ccc(C(N)c2ccc(Cl)cc2F)cc1. The average molecular weight is 294 g/mol. The third-order valence-corrected chi connectivity index (χ3v) is 3.24. The molecule has 0 saturated heterocycles. The molecule has 0 saturated carbocycles. The third-order valence-electron chi connectivity index (χ3n) is 3.01. The van der Waals surface area contributed by atoms with E-state index in [-0.39, 0.29) is 0 Å². The minimum atomic E-state index is -0.521. The highest BCUT2D eigenvalue weighted by atomic mass is 35.5. The molecule has 2 N–H and O–H groups in total. The van der Waals surface area contributed by atoms with Crippen molar-refractivity contribution in [3.8, 4) is 5.75 Å². The molecule has 4 heteroatoms. The van der Waals surface area contributed by atoms with Gasteiger partial charge in [0.2, 0.25) is 0 Å². The first-order chi connectivity index (χ1) is 9.61. The fourth-order valence-electron chi connectivity index (χ4n) is 1.92.